The minimum atomic E-state index is -0.726. The third kappa shape index (κ3) is 6.32. The van der Waals surface area contributed by atoms with Crippen LogP contribution in [0.25, 0.3) is 10.8 Å². The van der Waals surface area contributed by atoms with Crippen molar-refractivity contribution in [2.75, 3.05) is 0 Å². The molecule has 0 radical (unpaired) electrons. The van der Waals surface area contributed by atoms with Gasteiger partial charge >= 0.3 is 5.97 Å². The molecular formula is C29H28I3NO4. The predicted molar refractivity (Wildman–Crippen MR) is 171 cm³/mol. The van der Waals surface area contributed by atoms with Gasteiger partial charge in [-0.1, -0.05) is 75.1 Å². The van der Waals surface area contributed by atoms with E-state index in [1.54, 1.807) is 12.1 Å². The maximum atomic E-state index is 13.4. The third-order valence-electron chi connectivity index (χ3n) is 6.68. The molecule has 3 aromatic rings. The van der Waals surface area contributed by atoms with E-state index in [1.807, 2.05) is 30.3 Å². The molecule has 4 rings (SSSR count). The van der Waals surface area contributed by atoms with E-state index in [1.165, 1.54) is 44.9 Å². The first-order chi connectivity index (χ1) is 17.8. The minimum absolute atomic E-state index is 0.346. The van der Waals surface area contributed by atoms with Gasteiger partial charge in [0.15, 0.2) is 0 Å². The van der Waals surface area contributed by atoms with Crippen molar-refractivity contribution in [2.24, 2.45) is 0 Å². The van der Waals surface area contributed by atoms with Crippen LogP contribution >= 0.6 is 67.8 Å². The second-order valence-corrected chi connectivity index (χ2v) is 12.6. The number of carbonyl (C=O) groups excluding carboxylic acids is 3. The lowest BCUT2D eigenvalue weighted by atomic mass is 9.90. The van der Waals surface area contributed by atoms with Crippen molar-refractivity contribution in [1.82, 2.24) is 5.06 Å². The first kappa shape index (κ1) is 28.7. The summed E-state index contributed by atoms with van der Waals surface area (Å²) in [4.78, 5) is 45.2. The molecule has 37 heavy (non-hydrogen) atoms. The van der Waals surface area contributed by atoms with Gasteiger partial charge in [-0.15, -0.1) is 0 Å². The maximum Gasteiger partial charge on any atom is 0.366 e. The number of rotatable bonds is 11. The fourth-order valence-corrected chi connectivity index (χ4v) is 7.05. The fourth-order valence-electron chi connectivity index (χ4n) is 4.73. The number of imide groups is 1. The quantitative estimate of drug-likeness (QED) is 0.0840. The zero-order valence-corrected chi connectivity index (χ0v) is 27.1. The van der Waals surface area contributed by atoms with Crippen LogP contribution in [-0.4, -0.2) is 22.8 Å². The van der Waals surface area contributed by atoms with Crippen LogP contribution in [0.4, 0.5) is 0 Å². The normalized spacial score (nSPS) is 12.9. The minimum Gasteiger partial charge on any atom is -0.324 e. The second-order valence-electron chi connectivity index (χ2n) is 9.23. The van der Waals surface area contributed by atoms with E-state index >= 15 is 0 Å². The van der Waals surface area contributed by atoms with Gasteiger partial charge in [0.1, 0.15) is 0 Å². The molecule has 0 spiro atoms. The van der Waals surface area contributed by atoms with Gasteiger partial charge in [0, 0.05) is 16.1 Å². The average Bonchev–Trinajstić information content (AvgIpc) is 2.89. The Morgan fingerprint density at radius 3 is 2.11 bits per heavy atom. The number of benzene rings is 3. The van der Waals surface area contributed by atoms with Gasteiger partial charge in [-0.05, 0) is 116 Å². The van der Waals surface area contributed by atoms with Crippen LogP contribution in [0.1, 0.15) is 94.9 Å². The molecule has 3 aromatic carbocycles. The number of nitrogens with zero attached hydrogens (tertiary/aromatic N) is 1. The molecule has 0 bridgehead atoms. The third-order valence-corrected chi connectivity index (χ3v) is 10.6. The SMILES string of the molecule is CCCCCCCCCCc1ccc2c3c(cccc13)C(=O)N(OC(=O)c1c(I)ccc(I)c1I)C2=O. The van der Waals surface area contributed by atoms with Crippen LogP contribution in [-0.2, 0) is 11.3 Å². The van der Waals surface area contributed by atoms with Crippen molar-refractivity contribution >= 4 is 96.3 Å². The summed E-state index contributed by atoms with van der Waals surface area (Å²) in [5, 5.41) is 2.19. The van der Waals surface area contributed by atoms with Crippen LogP contribution in [0, 0.1) is 10.7 Å². The van der Waals surface area contributed by atoms with Crippen molar-refractivity contribution < 1.29 is 19.2 Å². The highest BCUT2D eigenvalue weighted by molar-refractivity contribution is 14.1. The summed E-state index contributed by atoms with van der Waals surface area (Å²) < 4.78 is 2.30. The summed E-state index contributed by atoms with van der Waals surface area (Å²) in [6.07, 6.45) is 10.9. The highest BCUT2D eigenvalue weighted by atomic mass is 127. The molecule has 0 atom stereocenters. The maximum absolute atomic E-state index is 13.4. The van der Waals surface area contributed by atoms with E-state index in [9.17, 15) is 14.4 Å². The van der Waals surface area contributed by atoms with Crippen molar-refractivity contribution in [3.8, 4) is 0 Å². The van der Waals surface area contributed by atoms with Crippen molar-refractivity contribution in [3.63, 3.8) is 0 Å². The highest BCUT2D eigenvalue weighted by Gasteiger charge is 2.37. The topological polar surface area (TPSA) is 63.7 Å². The Bertz CT molecular complexity index is 1330. The predicted octanol–water partition coefficient (Wildman–Crippen LogP) is 8.70. The molecule has 0 saturated carbocycles. The van der Waals surface area contributed by atoms with Crippen molar-refractivity contribution in [3.05, 3.63) is 75.4 Å². The molecule has 1 aliphatic rings. The smallest absolute Gasteiger partial charge is 0.324 e. The van der Waals surface area contributed by atoms with Crippen LogP contribution in [0.15, 0.2) is 42.5 Å². The zero-order valence-electron chi connectivity index (χ0n) is 20.6. The van der Waals surface area contributed by atoms with E-state index in [-0.39, 0.29) is 0 Å². The molecule has 0 aliphatic carbocycles. The van der Waals surface area contributed by atoms with E-state index in [0.29, 0.717) is 30.7 Å². The molecule has 194 valence electrons. The molecule has 0 aromatic heterocycles. The molecule has 5 nitrogen and oxygen atoms in total. The average molecular weight is 835 g/mol. The highest BCUT2D eigenvalue weighted by Crippen LogP contribution is 2.34. The molecule has 0 saturated heterocycles. The summed E-state index contributed by atoms with van der Waals surface area (Å²) in [5.74, 6) is -1.95. The monoisotopic (exact) mass is 835 g/mol. The lowest BCUT2D eigenvalue weighted by Crippen LogP contribution is -2.42. The summed E-state index contributed by atoms with van der Waals surface area (Å²) in [6.45, 7) is 2.23. The van der Waals surface area contributed by atoms with Crippen molar-refractivity contribution in [2.45, 2.75) is 64.7 Å². The van der Waals surface area contributed by atoms with E-state index in [0.717, 1.165) is 30.9 Å². The second kappa shape index (κ2) is 13.2. The number of hydrogen-bond acceptors (Lipinski definition) is 4. The number of amides is 2. The standard InChI is InChI=1S/C29H28I3NO4/c1-2-3-4-5-6-7-8-9-11-18-14-15-21-24-19(18)12-10-13-20(24)27(34)33(28(21)35)37-29(36)25-22(30)16-17-23(31)26(25)32/h10,12-17H,2-9,11H2,1H3. The Balaban J connectivity index is 1.52. The van der Waals surface area contributed by atoms with Gasteiger partial charge in [0.2, 0.25) is 0 Å². The molecular weight excluding hydrogens is 807 g/mol. The first-order valence-corrected chi connectivity index (χ1v) is 15.9. The number of halogens is 3. The van der Waals surface area contributed by atoms with Gasteiger partial charge in [-0.3, -0.25) is 9.59 Å². The Morgan fingerprint density at radius 2 is 1.41 bits per heavy atom. The molecule has 0 N–H and O–H groups in total. The molecule has 1 heterocycles. The van der Waals surface area contributed by atoms with Crippen LogP contribution in [0.3, 0.4) is 0 Å². The van der Waals surface area contributed by atoms with Crippen LogP contribution < -0.4 is 0 Å². The van der Waals surface area contributed by atoms with E-state index in [2.05, 4.69) is 74.7 Å². The van der Waals surface area contributed by atoms with Crippen LogP contribution in [0.2, 0.25) is 0 Å². The van der Waals surface area contributed by atoms with Gasteiger partial charge in [0.25, 0.3) is 11.8 Å². The van der Waals surface area contributed by atoms with E-state index in [4.69, 9.17) is 4.84 Å². The number of hydrogen-bond donors (Lipinski definition) is 0. The lowest BCUT2D eigenvalue weighted by Gasteiger charge is -2.26. The van der Waals surface area contributed by atoms with Gasteiger partial charge in [-0.25, -0.2) is 4.79 Å². The van der Waals surface area contributed by atoms with Gasteiger partial charge in [-0.2, -0.15) is 0 Å². The molecule has 1 aliphatic heterocycles. The fraction of sp³-hybridized carbons (Fsp3) is 0.345. The van der Waals surface area contributed by atoms with Crippen LogP contribution in [0.5, 0.6) is 0 Å². The number of hydroxylamine groups is 2. The summed E-state index contributed by atoms with van der Waals surface area (Å²) in [7, 11) is 0. The Labute approximate surface area is 258 Å². The number of aryl methyl sites for hydroxylation is 1. The Morgan fingerprint density at radius 1 is 0.784 bits per heavy atom. The lowest BCUT2D eigenvalue weighted by molar-refractivity contribution is -0.0622. The zero-order chi connectivity index (χ0) is 26.5. The molecule has 2 amide bonds. The summed E-state index contributed by atoms with van der Waals surface area (Å²) >= 11 is 6.28. The summed E-state index contributed by atoms with van der Waals surface area (Å²) in [6, 6.07) is 13.0. The van der Waals surface area contributed by atoms with E-state index < -0.39 is 17.8 Å². The molecule has 8 heteroatoms. The number of carbonyl (C=O) groups is 3. The summed E-state index contributed by atoms with van der Waals surface area (Å²) in [5.41, 5.74) is 2.24. The molecule has 0 unspecified atom stereocenters. The Kier molecular flexibility index (Phi) is 10.2. The van der Waals surface area contributed by atoms with Crippen molar-refractivity contribution in [1.29, 1.82) is 0 Å². The van der Waals surface area contributed by atoms with Gasteiger partial charge in [0.05, 0.1) is 16.7 Å². The van der Waals surface area contributed by atoms with Gasteiger partial charge < -0.3 is 4.84 Å². The number of unbranched alkanes of at least 4 members (excludes halogenated alkanes) is 7. The Hall–Kier alpha value is -1.28. The molecule has 0 fully saturated rings. The first-order valence-electron chi connectivity index (χ1n) is 12.6. The largest absolute Gasteiger partial charge is 0.366 e.